The van der Waals surface area contributed by atoms with Crippen LogP contribution < -0.4 is 9.47 Å². The Morgan fingerprint density at radius 2 is 1.76 bits per heavy atom. The first-order chi connectivity index (χ1) is 13.9. The smallest absolute Gasteiger partial charge is 0.310 e. The van der Waals surface area contributed by atoms with Crippen LogP contribution in [0.25, 0.3) is 0 Å². The van der Waals surface area contributed by atoms with Crippen LogP contribution in [0.4, 0.5) is 0 Å². The predicted octanol–water partition coefficient (Wildman–Crippen LogP) is 4.20. The van der Waals surface area contributed by atoms with Crippen molar-refractivity contribution in [3.8, 4) is 11.5 Å². The van der Waals surface area contributed by atoms with Gasteiger partial charge in [-0.1, -0.05) is 30.7 Å². The topological polar surface area (TPSA) is 65.1 Å². The summed E-state index contributed by atoms with van der Waals surface area (Å²) in [7, 11) is 2.86. The first kappa shape index (κ1) is 22.6. The van der Waals surface area contributed by atoms with E-state index in [1.165, 1.54) is 14.2 Å². The van der Waals surface area contributed by atoms with Crippen molar-refractivity contribution in [1.82, 2.24) is 4.90 Å². The zero-order valence-electron chi connectivity index (χ0n) is 17.1. The van der Waals surface area contributed by atoms with Crippen molar-refractivity contribution in [2.24, 2.45) is 5.92 Å². The number of rotatable bonds is 9. The van der Waals surface area contributed by atoms with E-state index < -0.39 is 5.92 Å². The molecule has 0 fully saturated rings. The number of methoxy groups -OCH3 is 2. The number of benzene rings is 2. The molecular weight excluding hydrogens is 394 g/mol. The van der Waals surface area contributed by atoms with Gasteiger partial charge in [0.15, 0.2) is 11.5 Å². The van der Waals surface area contributed by atoms with Crippen LogP contribution in [0.1, 0.15) is 29.8 Å². The number of hydrogen-bond donors (Lipinski definition) is 0. The molecule has 0 N–H and O–H groups in total. The summed E-state index contributed by atoms with van der Waals surface area (Å²) in [5.74, 6) is 0.0465. The molecular formula is C22H26ClNO5. The van der Waals surface area contributed by atoms with Gasteiger partial charge in [0.2, 0.25) is 0 Å². The summed E-state index contributed by atoms with van der Waals surface area (Å²) in [5.41, 5.74) is 1.42. The number of ether oxygens (including phenoxy) is 3. The van der Waals surface area contributed by atoms with Crippen LogP contribution in [0.5, 0.6) is 11.5 Å². The van der Waals surface area contributed by atoms with Crippen molar-refractivity contribution in [2.75, 3.05) is 27.3 Å². The van der Waals surface area contributed by atoms with E-state index in [1.54, 1.807) is 42.2 Å². The van der Waals surface area contributed by atoms with Crippen molar-refractivity contribution in [1.29, 1.82) is 0 Å². The number of esters is 1. The third-order valence-corrected chi connectivity index (χ3v) is 4.74. The minimum atomic E-state index is -0.409. The fourth-order valence-corrected chi connectivity index (χ4v) is 2.93. The Hall–Kier alpha value is -2.73. The highest BCUT2D eigenvalue weighted by atomic mass is 35.5. The zero-order chi connectivity index (χ0) is 21.4. The maximum Gasteiger partial charge on any atom is 0.310 e. The van der Waals surface area contributed by atoms with E-state index in [2.05, 4.69) is 0 Å². The number of nitrogens with zero attached hydrogens (tertiary/aromatic N) is 1. The Kier molecular flexibility index (Phi) is 8.34. The SMILES string of the molecule is CCN(CC(C)C(=O)OC)C(=O)c1ccc(OCc2ccc(Cl)cc2)c(OC)c1. The summed E-state index contributed by atoms with van der Waals surface area (Å²) >= 11 is 5.90. The number of halogens is 1. The summed E-state index contributed by atoms with van der Waals surface area (Å²) in [6.07, 6.45) is 0. The van der Waals surface area contributed by atoms with Gasteiger partial charge in [0, 0.05) is 23.7 Å². The van der Waals surface area contributed by atoms with Crippen molar-refractivity contribution >= 4 is 23.5 Å². The number of carbonyl (C=O) groups excluding carboxylic acids is 2. The van der Waals surface area contributed by atoms with E-state index >= 15 is 0 Å². The molecule has 0 spiro atoms. The molecule has 0 aliphatic rings. The second-order valence-electron chi connectivity index (χ2n) is 6.55. The Morgan fingerprint density at radius 3 is 2.34 bits per heavy atom. The van der Waals surface area contributed by atoms with Gasteiger partial charge in [-0.3, -0.25) is 9.59 Å². The van der Waals surface area contributed by atoms with Gasteiger partial charge in [0.1, 0.15) is 6.61 Å². The van der Waals surface area contributed by atoms with Crippen LogP contribution >= 0.6 is 11.6 Å². The average Bonchev–Trinajstić information content (AvgIpc) is 2.75. The van der Waals surface area contributed by atoms with Gasteiger partial charge in [-0.2, -0.15) is 0 Å². The van der Waals surface area contributed by atoms with Gasteiger partial charge < -0.3 is 19.1 Å². The lowest BCUT2D eigenvalue weighted by Gasteiger charge is -2.24. The van der Waals surface area contributed by atoms with E-state index in [1.807, 2.05) is 19.1 Å². The minimum Gasteiger partial charge on any atom is -0.493 e. The van der Waals surface area contributed by atoms with Crippen molar-refractivity contribution in [2.45, 2.75) is 20.5 Å². The Labute approximate surface area is 176 Å². The standard InChI is InChI=1S/C22H26ClNO5/c1-5-24(13-15(2)22(26)28-4)21(25)17-8-11-19(20(12-17)27-3)29-14-16-6-9-18(23)10-7-16/h6-12,15H,5,13-14H2,1-4H3. The molecule has 0 aromatic heterocycles. The molecule has 2 aromatic carbocycles. The number of carbonyl (C=O) groups is 2. The Balaban J connectivity index is 2.12. The van der Waals surface area contributed by atoms with Crippen LogP contribution in [-0.2, 0) is 16.1 Å². The van der Waals surface area contributed by atoms with E-state index in [9.17, 15) is 9.59 Å². The van der Waals surface area contributed by atoms with Crippen LogP contribution in [0.15, 0.2) is 42.5 Å². The van der Waals surface area contributed by atoms with Gasteiger partial charge in [0.25, 0.3) is 5.91 Å². The molecule has 0 radical (unpaired) electrons. The average molecular weight is 420 g/mol. The van der Waals surface area contributed by atoms with E-state index in [4.69, 9.17) is 25.8 Å². The largest absolute Gasteiger partial charge is 0.493 e. The van der Waals surface area contributed by atoms with Crippen LogP contribution in [0.2, 0.25) is 5.02 Å². The fourth-order valence-electron chi connectivity index (χ4n) is 2.81. The van der Waals surface area contributed by atoms with Gasteiger partial charge >= 0.3 is 5.97 Å². The first-order valence-corrected chi connectivity index (χ1v) is 9.69. The lowest BCUT2D eigenvalue weighted by atomic mass is 10.1. The lowest BCUT2D eigenvalue weighted by molar-refractivity contribution is -0.145. The molecule has 1 atom stereocenters. The molecule has 0 heterocycles. The molecule has 0 aliphatic carbocycles. The highest BCUT2D eigenvalue weighted by Gasteiger charge is 2.22. The van der Waals surface area contributed by atoms with Crippen LogP contribution in [0.3, 0.4) is 0 Å². The second kappa shape index (κ2) is 10.7. The number of hydrogen-bond acceptors (Lipinski definition) is 5. The molecule has 2 rings (SSSR count). The van der Waals surface area contributed by atoms with Crippen LogP contribution in [-0.4, -0.2) is 44.1 Å². The molecule has 1 amide bonds. The highest BCUT2D eigenvalue weighted by Crippen LogP contribution is 2.29. The third-order valence-electron chi connectivity index (χ3n) is 4.48. The molecule has 6 nitrogen and oxygen atoms in total. The molecule has 0 aliphatic heterocycles. The number of amides is 1. The lowest BCUT2D eigenvalue weighted by Crippen LogP contribution is -2.37. The molecule has 1 unspecified atom stereocenters. The quantitative estimate of drug-likeness (QED) is 0.570. The predicted molar refractivity (Wildman–Crippen MR) is 112 cm³/mol. The molecule has 156 valence electrons. The van der Waals surface area contributed by atoms with E-state index in [-0.39, 0.29) is 18.4 Å². The molecule has 7 heteroatoms. The van der Waals surface area contributed by atoms with Crippen molar-refractivity contribution in [3.63, 3.8) is 0 Å². The highest BCUT2D eigenvalue weighted by molar-refractivity contribution is 6.30. The summed E-state index contributed by atoms with van der Waals surface area (Å²) in [6.45, 7) is 4.69. The third kappa shape index (κ3) is 6.12. The maximum atomic E-state index is 12.9. The maximum absolute atomic E-state index is 12.9. The van der Waals surface area contributed by atoms with E-state index in [0.717, 1.165) is 5.56 Å². The van der Waals surface area contributed by atoms with Crippen LogP contribution in [0, 0.1) is 5.92 Å². The second-order valence-corrected chi connectivity index (χ2v) is 6.99. The minimum absolute atomic E-state index is 0.189. The normalized spacial score (nSPS) is 11.5. The summed E-state index contributed by atoms with van der Waals surface area (Å²) < 4.78 is 16.0. The molecule has 2 aromatic rings. The van der Waals surface area contributed by atoms with Gasteiger partial charge in [-0.15, -0.1) is 0 Å². The molecule has 0 saturated heterocycles. The van der Waals surface area contributed by atoms with E-state index in [0.29, 0.717) is 35.2 Å². The summed E-state index contributed by atoms with van der Waals surface area (Å²) in [5, 5.41) is 0.663. The Morgan fingerprint density at radius 1 is 1.07 bits per heavy atom. The monoisotopic (exact) mass is 419 g/mol. The fraction of sp³-hybridized carbons (Fsp3) is 0.364. The van der Waals surface area contributed by atoms with Crippen molar-refractivity contribution in [3.05, 3.63) is 58.6 Å². The molecule has 29 heavy (non-hydrogen) atoms. The first-order valence-electron chi connectivity index (χ1n) is 9.32. The summed E-state index contributed by atoms with van der Waals surface area (Å²) in [6, 6.07) is 12.4. The molecule has 0 saturated carbocycles. The zero-order valence-corrected chi connectivity index (χ0v) is 17.9. The van der Waals surface area contributed by atoms with Crippen molar-refractivity contribution < 1.29 is 23.8 Å². The van der Waals surface area contributed by atoms with Gasteiger partial charge in [-0.05, 0) is 42.8 Å². The molecule has 0 bridgehead atoms. The Bertz CT molecular complexity index is 838. The summed E-state index contributed by atoms with van der Waals surface area (Å²) in [4.78, 5) is 26.2. The van der Waals surface area contributed by atoms with Gasteiger partial charge in [0.05, 0.1) is 20.1 Å². The van der Waals surface area contributed by atoms with Gasteiger partial charge in [-0.25, -0.2) is 0 Å².